The number of aryl methyl sites for hydroxylation is 1. The summed E-state index contributed by atoms with van der Waals surface area (Å²) >= 11 is 1.62. The molecule has 3 atom stereocenters. The Hall–Kier alpha value is -2.29. The van der Waals surface area contributed by atoms with Crippen LogP contribution in [0.4, 0.5) is 0 Å². The zero-order valence-electron chi connectivity index (χ0n) is 21.7. The summed E-state index contributed by atoms with van der Waals surface area (Å²) in [4.78, 5) is 34.0. The Morgan fingerprint density at radius 3 is 2.56 bits per heavy atom. The van der Waals surface area contributed by atoms with Crippen molar-refractivity contribution in [3.05, 3.63) is 41.0 Å². The molecule has 1 aliphatic carbocycles. The summed E-state index contributed by atoms with van der Waals surface area (Å²) in [7, 11) is 0. The number of hydrogen-bond acceptors (Lipinski definition) is 6. The lowest BCUT2D eigenvalue weighted by Crippen LogP contribution is -2.54. The van der Waals surface area contributed by atoms with Crippen molar-refractivity contribution in [2.45, 2.75) is 84.0 Å². The summed E-state index contributed by atoms with van der Waals surface area (Å²) in [5.41, 5.74) is 4.97. The minimum Gasteiger partial charge on any atom is -0.391 e. The Bertz CT molecular complexity index is 1020. The third kappa shape index (κ3) is 6.52. The molecular formula is C28H40N4O3S. The lowest BCUT2D eigenvalue weighted by Gasteiger charge is -2.31. The second-order valence-electron chi connectivity index (χ2n) is 10.7. The molecule has 2 heterocycles. The van der Waals surface area contributed by atoms with Crippen molar-refractivity contribution in [3.8, 4) is 10.4 Å². The van der Waals surface area contributed by atoms with E-state index in [-0.39, 0.29) is 30.8 Å². The quantitative estimate of drug-likeness (QED) is 0.449. The summed E-state index contributed by atoms with van der Waals surface area (Å²) < 4.78 is 0. The summed E-state index contributed by atoms with van der Waals surface area (Å²) in [6.07, 6.45) is 4.98. The molecule has 0 radical (unpaired) electrons. The monoisotopic (exact) mass is 512 g/mol. The third-order valence-corrected chi connectivity index (χ3v) is 8.49. The largest absolute Gasteiger partial charge is 0.391 e. The molecule has 1 saturated carbocycles. The number of aromatic nitrogens is 1. The van der Waals surface area contributed by atoms with Crippen molar-refractivity contribution in [1.82, 2.24) is 20.5 Å². The van der Waals surface area contributed by atoms with Crippen molar-refractivity contribution in [2.75, 3.05) is 13.1 Å². The molecule has 2 aromatic rings. The zero-order chi connectivity index (χ0) is 25.7. The number of carbonyl (C=O) groups is 2. The Labute approximate surface area is 218 Å². The van der Waals surface area contributed by atoms with Gasteiger partial charge in [0.25, 0.3) is 0 Å². The fourth-order valence-electron chi connectivity index (χ4n) is 5.42. The van der Waals surface area contributed by atoms with Gasteiger partial charge in [-0.3, -0.25) is 9.59 Å². The normalized spacial score (nSPS) is 21.3. The van der Waals surface area contributed by atoms with Crippen LogP contribution < -0.4 is 10.6 Å². The second-order valence-corrected chi connectivity index (χ2v) is 11.6. The van der Waals surface area contributed by atoms with Gasteiger partial charge in [0.2, 0.25) is 11.8 Å². The van der Waals surface area contributed by atoms with Crippen molar-refractivity contribution < 1.29 is 14.7 Å². The number of likely N-dealkylation sites (tertiary alicyclic amines) is 1. The fraction of sp³-hybridized carbons (Fsp3) is 0.607. The van der Waals surface area contributed by atoms with E-state index in [0.717, 1.165) is 60.3 Å². The topological polar surface area (TPSA) is 94.6 Å². The van der Waals surface area contributed by atoms with Crippen molar-refractivity contribution in [3.63, 3.8) is 0 Å². The van der Waals surface area contributed by atoms with Crippen molar-refractivity contribution in [2.24, 2.45) is 11.8 Å². The molecule has 2 amide bonds. The Morgan fingerprint density at radius 2 is 1.92 bits per heavy atom. The molecule has 1 saturated heterocycles. The Balaban J connectivity index is 1.38. The van der Waals surface area contributed by atoms with Gasteiger partial charge in [-0.15, -0.1) is 11.3 Å². The third-order valence-electron chi connectivity index (χ3n) is 7.52. The minimum absolute atomic E-state index is 0.0355. The van der Waals surface area contributed by atoms with Gasteiger partial charge in [-0.25, -0.2) is 4.98 Å². The molecule has 0 bridgehead atoms. The highest BCUT2D eigenvalue weighted by atomic mass is 32.1. The van der Waals surface area contributed by atoms with Crippen LogP contribution in [0, 0.1) is 18.8 Å². The van der Waals surface area contributed by atoms with Crippen LogP contribution in [0.2, 0.25) is 0 Å². The number of nitrogens with one attached hydrogen (secondary N) is 2. The summed E-state index contributed by atoms with van der Waals surface area (Å²) in [6.45, 7) is 7.75. The van der Waals surface area contributed by atoms with Crippen LogP contribution >= 0.6 is 11.3 Å². The van der Waals surface area contributed by atoms with Crippen LogP contribution in [0.5, 0.6) is 0 Å². The molecule has 2 fully saturated rings. The number of benzene rings is 1. The maximum Gasteiger partial charge on any atom is 0.243 e. The molecule has 1 aromatic carbocycles. The lowest BCUT2D eigenvalue weighted by atomic mass is 9.96. The number of β-amino-alcohol motifs (C(OH)–C–C–N with tert-alkyl or cyclic N) is 1. The first-order valence-electron chi connectivity index (χ1n) is 13.3. The molecule has 1 aliphatic heterocycles. The highest BCUT2D eigenvalue weighted by Crippen LogP contribution is 2.31. The number of carbonyl (C=O) groups excluding carboxylic acids is 2. The van der Waals surface area contributed by atoms with Gasteiger partial charge in [0.15, 0.2) is 0 Å². The van der Waals surface area contributed by atoms with Crippen LogP contribution in [-0.2, 0) is 16.1 Å². The first-order chi connectivity index (χ1) is 17.3. The smallest absolute Gasteiger partial charge is 0.243 e. The lowest BCUT2D eigenvalue weighted by molar-refractivity contribution is -0.141. The Kier molecular flexibility index (Phi) is 9.14. The molecule has 196 valence electrons. The van der Waals surface area contributed by atoms with E-state index < -0.39 is 12.1 Å². The van der Waals surface area contributed by atoms with E-state index in [0.29, 0.717) is 18.4 Å². The number of aliphatic hydroxyl groups excluding tert-OH is 1. The minimum atomic E-state index is -0.675. The molecule has 3 N–H and O–H groups in total. The van der Waals surface area contributed by atoms with Crippen molar-refractivity contribution >= 4 is 23.2 Å². The first-order valence-corrected chi connectivity index (χ1v) is 14.2. The van der Waals surface area contributed by atoms with E-state index in [1.165, 1.54) is 0 Å². The van der Waals surface area contributed by atoms with Gasteiger partial charge in [0.05, 0.1) is 28.2 Å². The van der Waals surface area contributed by atoms with Crippen LogP contribution in [0.1, 0.15) is 63.6 Å². The second kappa shape index (κ2) is 12.3. The van der Waals surface area contributed by atoms with Gasteiger partial charge in [0, 0.05) is 19.5 Å². The SMILES string of the molecule is Cc1ncsc1-c1ccc(CNC(=O)[C@@H]2C[C@@H](O)CN2C(=O)[C@@H](NCCC(C)C)C2CCCC2)cc1. The van der Waals surface area contributed by atoms with Crippen molar-refractivity contribution in [1.29, 1.82) is 0 Å². The highest BCUT2D eigenvalue weighted by Gasteiger charge is 2.43. The van der Waals surface area contributed by atoms with E-state index >= 15 is 0 Å². The van der Waals surface area contributed by atoms with Crippen LogP contribution in [-0.4, -0.2) is 58.1 Å². The van der Waals surface area contributed by atoms with Gasteiger partial charge in [-0.2, -0.15) is 0 Å². The number of nitrogens with zero attached hydrogens (tertiary/aromatic N) is 2. The van der Waals surface area contributed by atoms with Gasteiger partial charge in [-0.1, -0.05) is 51.0 Å². The number of rotatable bonds is 10. The number of thiazole rings is 1. The van der Waals surface area contributed by atoms with Gasteiger partial charge in [0.1, 0.15) is 6.04 Å². The average Bonchev–Trinajstić information content (AvgIpc) is 3.61. The highest BCUT2D eigenvalue weighted by molar-refractivity contribution is 7.13. The standard InChI is InChI=1S/C28H40N4O3S/c1-18(2)12-13-29-25(21-6-4-5-7-21)28(35)32-16-23(33)14-24(32)27(34)30-15-20-8-10-22(11-9-20)26-19(3)31-17-36-26/h8-11,17-18,21,23-25,29,33H,4-7,12-16H2,1-3H3,(H,30,34)/t23-,24+,25+/m1/s1. The predicted octanol–water partition coefficient (Wildman–Crippen LogP) is 3.89. The summed E-state index contributed by atoms with van der Waals surface area (Å²) in [6, 6.07) is 7.20. The van der Waals surface area contributed by atoms with E-state index in [4.69, 9.17) is 0 Å². The molecule has 4 rings (SSSR count). The van der Waals surface area contributed by atoms with E-state index in [9.17, 15) is 14.7 Å². The zero-order valence-corrected chi connectivity index (χ0v) is 22.5. The maximum atomic E-state index is 13.7. The van der Waals surface area contributed by atoms with Crippen LogP contribution in [0.25, 0.3) is 10.4 Å². The molecule has 8 heteroatoms. The summed E-state index contributed by atoms with van der Waals surface area (Å²) in [5, 5.41) is 16.9. The summed E-state index contributed by atoms with van der Waals surface area (Å²) in [5.74, 6) is 0.622. The van der Waals surface area contributed by atoms with E-state index in [2.05, 4.69) is 29.5 Å². The number of aliphatic hydroxyl groups is 1. The number of hydrogen-bond donors (Lipinski definition) is 3. The molecule has 2 aliphatic rings. The molecular weight excluding hydrogens is 472 g/mol. The fourth-order valence-corrected chi connectivity index (χ4v) is 6.23. The predicted molar refractivity (Wildman–Crippen MR) is 143 cm³/mol. The van der Waals surface area contributed by atoms with Crippen LogP contribution in [0.15, 0.2) is 29.8 Å². The average molecular weight is 513 g/mol. The van der Waals surface area contributed by atoms with E-state index in [1.807, 2.05) is 36.7 Å². The molecule has 0 spiro atoms. The van der Waals surface area contributed by atoms with Gasteiger partial charge >= 0.3 is 0 Å². The first kappa shape index (κ1) is 26.8. The molecule has 7 nitrogen and oxygen atoms in total. The molecule has 0 unspecified atom stereocenters. The Morgan fingerprint density at radius 1 is 1.19 bits per heavy atom. The van der Waals surface area contributed by atoms with E-state index in [1.54, 1.807) is 16.2 Å². The van der Waals surface area contributed by atoms with Crippen LogP contribution in [0.3, 0.4) is 0 Å². The van der Waals surface area contributed by atoms with Gasteiger partial charge in [-0.05, 0) is 55.7 Å². The molecule has 1 aromatic heterocycles. The molecule has 36 heavy (non-hydrogen) atoms. The van der Waals surface area contributed by atoms with Gasteiger partial charge < -0.3 is 20.6 Å². The maximum absolute atomic E-state index is 13.7. The number of amides is 2.